The van der Waals surface area contributed by atoms with Crippen LogP contribution in [0.5, 0.6) is 0 Å². The quantitative estimate of drug-likeness (QED) is 0.468. The molecule has 9 heteroatoms. The van der Waals surface area contributed by atoms with Gasteiger partial charge in [-0.1, -0.05) is 18.2 Å². The number of rotatable bonds is 3. The average molecular weight is 388 g/mol. The van der Waals surface area contributed by atoms with Crippen LogP contribution in [0.1, 0.15) is 32.0 Å². The van der Waals surface area contributed by atoms with Crippen molar-refractivity contribution in [1.29, 1.82) is 0 Å². The van der Waals surface area contributed by atoms with Crippen LogP contribution in [0.2, 0.25) is 0 Å². The lowest BCUT2D eigenvalue weighted by Gasteiger charge is -2.35. The lowest BCUT2D eigenvalue weighted by molar-refractivity contribution is -0.133. The van der Waals surface area contributed by atoms with Crippen LogP contribution in [-0.4, -0.2) is 51.2 Å². The predicted molar refractivity (Wildman–Crippen MR) is 101 cm³/mol. The van der Waals surface area contributed by atoms with Crippen LogP contribution in [-0.2, 0) is 27.3 Å². The number of aromatic amines is 1. The molecular weight excluding hydrogens is 364 g/mol. The van der Waals surface area contributed by atoms with Crippen molar-refractivity contribution in [2.75, 3.05) is 6.54 Å². The molecule has 2 heterocycles. The van der Waals surface area contributed by atoms with Gasteiger partial charge in [-0.2, -0.15) is 0 Å². The van der Waals surface area contributed by atoms with Gasteiger partial charge in [0, 0.05) is 23.0 Å². The zero-order valence-electron chi connectivity index (χ0n) is 16.0. The van der Waals surface area contributed by atoms with Crippen LogP contribution in [0.25, 0.3) is 10.9 Å². The lowest BCUT2D eigenvalue weighted by Crippen LogP contribution is -2.54. The van der Waals surface area contributed by atoms with Crippen LogP contribution >= 0.6 is 0 Å². The normalized spacial score (nSPS) is 16.4. The van der Waals surface area contributed by atoms with Crippen LogP contribution in [0.3, 0.4) is 0 Å². The summed E-state index contributed by atoms with van der Waals surface area (Å²) in [6, 6.07) is 6.88. The number of nitrogens with zero attached hydrogens (tertiary/aromatic N) is 1. The van der Waals surface area contributed by atoms with Gasteiger partial charge in [0.15, 0.2) is 0 Å². The van der Waals surface area contributed by atoms with Gasteiger partial charge >= 0.3 is 6.09 Å². The standard InChI is InChI=1S/C19H24N4O5/c1-19(2,3)28-18(26)23-10-14-12(11-6-4-5-7-13(11)21-14)8-15(23)17(25)20-9-16(24)22-27/h4-7,15,21,27H,8-10H2,1-3H3,(H,20,25)(H,22,24)/t15-/m0/s1. The molecule has 0 unspecified atom stereocenters. The van der Waals surface area contributed by atoms with Gasteiger partial charge in [0.1, 0.15) is 11.6 Å². The number of fused-ring (bicyclic) bond motifs is 3. The van der Waals surface area contributed by atoms with E-state index in [4.69, 9.17) is 9.94 Å². The molecule has 0 radical (unpaired) electrons. The number of hydroxylamine groups is 1. The third kappa shape index (κ3) is 4.09. The number of aromatic nitrogens is 1. The number of hydrogen-bond acceptors (Lipinski definition) is 5. The summed E-state index contributed by atoms with van der Waals surface area (Å²) >= 11 is 0. The Hall–Kier alpha value is -3.07. The summed E-state index contributed by atoms with van der Waals surface area (Å²) in [5.41, 5.74) is 3.49. The van der Waals surface area contributed by atoms with E-state index in [9.17, 15) is 14.4 Å². The fourth-order valence-corrected chi connectivity index (χ4v) is 3.28. The topological polar surface area (TPSA) is 124 Å². The van der Waals surface area contributed by atoms with E-state index in [0.717, 1.165) is 22.2 Å². The number of H-pyrrole nitrogens is 1. The summed E-state index contributed by atoms with van der Waals surface area (Å²) in [6.45, 7) is 5.05. The number of hydrogen-bond donors (Lipinski definition) is 4. The fraction of sp³-hybridized carbons (Fsp3) is 0.421. The Balaban J connectivity index is 1.91. The molecule has 4 N–H and O–H groups in total. The van der Waals surface area contributed by atoms with Gasteiger partial charge in [-0.25, -0.2) is 10.3 Å². The zero-order chi connectivity index (χ0) is 20.5. The molecule has 3 amide bonds. The van der Waals surface area contributed by atoms with E-state index in [1.807, 2.05) is 24.3 Å². The minimum absolute atomic E-state index is 0.184. The Morgan fingerprint density at radius 1 is 1.29 bits per heavy atom. The molecule has 150 valence electrons. The lowest BCUT2D eigenvalue weighted by atomic mass is 9.96. The van der Waals surface area contributed by atoms with Crippen LogP contribution < -0.4 is 10.8 Å². The van der Waals surface area contributed by atoms with E-state index in [1.54, 1.807) is 20.8 Å². The molecular formula is C19H24N4O5. The van der Waals surface area contributed by atoms with Crippen LogP contribution in [0.15, 0.2) is 24.3 Å². The van der Waals surface area contributed by atoms with Crippen molar-refractivity contribution in [2.45, 2.75) is 45.4 Å². The summed E-state index contributed by atoms with van der Waals surface area (Å²) in [4.78, 5) is 41.4. The highest BCUT2D eigenvalue weighted by atomic mass is 16.6. The van der Waals surface area contributed by atoms with E-state index >= 15 is 0 Å². The van der Waals surface area contributed by atoms with Crippen molar-refractivity contribution in [3.63, 3.8) is 0 Å². The number of ether oxygens (including phenoxy) is 1. The molecule has 3 rings (SSSR count). The molecule has 9 nitrogen and oxygen atoms in total. The predicted octanol–water partition coefficient (Wildman–Crippen LogP) is 1.45. The number of carbonyl (C=O) groups is 3. The molecule has 1 aromatic heterocycles. The van der Waals surface area contributed by atoms with Crippen molar-refractivity contribution in [2.24, 2.45) is 0 Å². The van der Waals surface area contributed by atoms with Gasteiger partial charge in [-0.15, -0.1) is 0 Å². The maximum atomic E-state index is 12.7. The number of para-hydroxylation sites is 1. The van der Waals surface area contributed by atoms with Crippen molar-refractivity contribution < 1.29 is 24.3 Å². The molecule has 1 aliphatic heterocycles. The molecule has 1 aromatic carbocycles. The van der Waals surface area contributed by atoms with Gasteiger partial charge in [0.2, 0.25) is 5.91 Å². The Morgan fingerprint density at radius 3 is 2.68 bits per heavy atom. The average Bonchev–Trinajstić information content (AvgIpc) is 3.01. The third-order valence-electron chi connectivity index (χ3n) is 4.48. The summed E-state index contributed by atoms with van der Waals surface area (Å²) in [7, 11) is 0. The minimum Gasteiger partial charge on any atom is -0.444 e. The van der Waals surface area contributed by atoms with Gasteiger partial charge < -0.3 is 15.0 Å². The SMILES string of the molecule is CC(C)(C)OC(=O)N1Cc2[nH]c3ccccc3c2C[C@H]1C(=O)NCC(=O)NO. The summed E-state index contributed by atoms with van der Waals surface area (Å²) < 4.78 is 5.47. The zero-order valence-corrected chi connectivity index (χ0v) is 16.0. The number of amides is 3. The van der Waals surface area contributed by atoms with E-state index in [0.29, 0.717) is 0 Å². The highest BCUT2D eigenvalue weighted by molar-refractivity contribution is 5.92. The van der Waals surface area contributed by atoms with Gasteiger partial charge in [-0.3, -0.25) is 19.7 Å². The molecule has 0 fully saturated rings. The second-order valence-electron chi connectivity index (χ2n) is 7.71. The van der Waals surface area contributed by atoms with Gasteiger partial charge in [-0.05, 0) is 32.4 Å². The molecule has 0 saturated heterocycles. The maximum absolute atomic E-state index is 12.7. The molecule has 0 aliphatic carbocycles. The molecule has 28 heavy (non-hydrogen) atoms. The van der Waals surface area contributed by atoms with Gasteiger partial charge in [0.25, 0.3) is 5.91 Å². The monoisotopic (exact) mass is 388 g/mol. The highest BCUT2D eigenvalue weighted by Gasteiger charge is 2.38. The summed E-state index contributed by atoms with van der Waals surface area (Å²) in [5.74, 6) is -1.24. The molecule has 0 saturated carbocycles. The number of carbonyl (C=O) groups excluding carboxylic acids is 3. The molecule has 2 aromatic rings. The van der Waals surface area contributed by atoms with Crippen molar-refractivity contribution in [3.8, 4) is 0 Å². The smallest absolute Gasteiger partial charge is 0.411 e. The highest BCUT2D eigenvalue weighted by Crippen LogP contribution is 2.31. The molecule has 0 spiro atoms. The first-order chi connectivity index (χ1) is 13.2. The first kappa shape index (κ1) is 19.7. The van der Waals surface area contributed by atoms with Gasteiger partial charge in [0.05, 0.1) is 13.1 Å². The number of nitrogens with one attached hydrogen (secondary N) is 3. The largest absolute Gasteiger partial charge is 0.444 e. The van der Waals surface area contributed by atoms with E-state index in [2.05, 4.69) is 10.3 Å². The maximum Gasteiger partial charge on any atom is 0.411 e. The summed E-state index contributed by atoms with van der Waals surface area (Å²) in [6.07, 6.45) is -0.325. The molecule has 1 aliphatic rings. The second kappa shape index (κ2) is 7.51. The number of benzene rings is 1. The van der Waals surface area contributed by atoms with Crippen molar-refractivity contribution in [3.05, 3.63) is 35.5 Å². The van der Waals surface area contributed by atoms with Crippen molar-refractivity contribution in [1.82, 2.24) is 20.7 Å². The fourth-order valence-electron chi connectivity index (χ4n) is 3.28. The van der Waals surface area contributed by atoms with E-state index in [-0.39, 0.29) is 13.0 Å². The van der Waals surface area contributed by atoms with Crippen molar-refractivity contribution >= 4 is 28.8 Å². The Bertz CT molecular complexity index is 915. The van der Waals surface area contributed by atoms with Crippen LogP contribution in [0.4, 0.5) is 4.79 Å². The second-order valence-corrected chi connectivity index (χ2v) is 7.71. The van der Waals surface area contributed by atoms with Crippen LogP contribution in [0, 0.1) is 0 Å². The Kier molecular flexibility index (Phi) is 5.28. The molecule has 1 atom stereocenters. The van der Waals surface area contributed by atoms with E-state index in [1.165, 1.54) is 10.4 Å². The molecule has 0 bridgehead atoms. The third-order valence-corrected chi connectivity index (χ3v) is 4.48. The Morgan fingerprint density at radius 2 is 2.00 bits per heavy atom. The first-order valence-electron chi connectivity index (χ1n) is 8.98. The first-order valence-corrected chi connectivity index (χ1v) is 8.98. The Labute approximate surface area is 162 Å². The minimum atomic E-state index is -0.840. The summed E-state index contributed by atoms with van der Waals surface area (Å²) in [5, 5.41) is 12.1. The van der Waals surface area contributed by atoms with E-state index < -0.39 is 36.1 Å².